The Hall–Kier alpha value is -1.99. The van der Waals surface area contributed by atoms with Crippen molar-refractivity contribution in [1.82, 2.24) is 10.2 Å². The Labute approximate surface area is 184 Å². The summed E-state index contributed by atoms with van der Waals surface area (Å²) in [6.45, 7) is 1.62. The fourth-order valence-corrected chi connectivity index (χ4v) is 4.29. The summed E-state index contributed by atoms with van der Waals surface area (Å²) in [5.41, 5.74) is 0.952. The largest absolute Gasteiger partial charge is 0.445 e. The first-order valence-electron chi connectivity index (χ1n) is 9.73. The Bertz CT molecular complexity index is 801. The third-order valence-electron chi connectivity index (χ3n) is 4.79. The second-order valence-corrected chi connectivity index (χ2v) is 9.00. The number of ether oxygens (including phenoxy) is 1. The summed E-state index contributed by atoms with van der Waals surface area (Å²) in [6, 6.07) is 17.7. The lowest BCUT2D eigenvalue weighted by atomic mass is 10.1. The minimum atomic E-state index is -0.425. The molecule has 1 atom stereocenters. The van der Waals surface area contributed by atoms with Crippen LogP contribution >= 0.6 is 27.7 Å². The van der Waals surface area contributed by atoms with Crippen LogP contribution in [0.25, 0.3) is 0 Å². The van der Waals surface area contributed by atoms with Crippen LogP contribution in [0.2, 0.25) is 0 Å². The molecule has 0 aliphatic carbocycles. The van der Waals surface area contributed by atoms with E-state index in [0.717, 1.165) is 22.2 Å². The van der Waals surface area contributed by atoms with Crippen molar-refractivity contribution < 1.29 is 14.3 Å². The highest BCUT2D eigenvalue weighted by Gasteiger charge is 2.23. The molecule has 1 N–H and O–H groups in total. The smallest absolute Gasteiger partial charge is 0.407 e. The fraction of sp³-hybridized carbons (Fsp3) is 0.364. The van der Waals surface area contributed by atoms with Crippen LogP contribution in [-0.2, 0) is 16.1 Å². The molecule has 2 aromatic carbocycles. The molecule has 1 aliphatic rings. The monoisotopic (exact) mass is 476 g/mol. The van der Waals surface area contributed by atoms with Gasteiger partial charge in [0, 0.05) is 40.7 Å². The molecule has 0 saturated carbocycles. The molecule has 1 heterocycles. The molecule has 5 nitrogen and oxygen atoms in total. The second kappa shape index (κ2) is 11.3. The number of nitrogens with one attached hydrogen (secondary N) is 1. The molecule has 1 fully saturated rings. The Balaban J connectivity index is 1.39. The van der Waals surface area contributed by atoms with Crippen LogP contribution in [0.1, 0.15) is 24.8 Å². The summed E-state index contributed by atoms with van der Waals surface area (Å²) in [5, 5.41) is 2.91. The van der Waals surface area contributed by atoms with E-state index in [-0.39, 0.29) is 18.6 Å². The van der Waals surface area contributed by atoms with Crippen LogP contribution < -0.4 is 5.32 Å². The molecule has 0 radical (unpaired) electrons. The van der Waals surface area contributed by atoms with E-state index in [1.54, 1.807) is 11.8 Å². The molecule has 1 aliphatic heterocycles. The predicted molar refractivity (Wildman–Crippen MR) is 119 cm³/mol. The van der Waals surface area contributed by atoms with Crippen molar-refractivity contribution in [3.63, 3.8) is 0 Å². The lowest BCUT2D eigenvalue weighted by molar-refractivity contribution is -0.130. The van der Waals surface area contributed by atoms with Gasteiger partial charge in [0.2, 0.25) is 5.91 Å². The van der Waals surface area contributed by atoms with E-state index in [0.29, 0.717) is 25.9 Å². The van der Waals surface area contributed by atoms with Gasteiger partial charge in [-0.25, -0.2) is 4.79 Å². The van der Waals surface area contributed by atoms with Crippen LogP contribution in [0.4, 0.5) is 4.79 Å². The average Bonchev–Trinajstić information content (AvgIpc) is 2.90. The lowest BCUT2D eigenvalue weighted by Crippen LogP contribution is -2.36. The molecule has 7 heteroatoms. The van der Waals surface area contributed by atoms with Gasteiger partial charge in [0.25, 0.3) is 0 Å². The van der Waals surface area contributed by atoms with Gasteiger partial charge >= 0.3 is 6.09 Å². The van der Waals surface area contributed by atoms with Gasteiger partial charge in [0.05, 0.1) is 0 Å². The normalized spacial score (nSPS) is 16.9. The number of rotatable bonds is 7. The van der Waals surface area contributed by atoms with Crippen LogP contribution in [-0.4, -0.2) is 41.8 Å². The van der Waals surface area contributed by atoms with Gasteiger partial charge in [-0.2, -0.15) is 0 Å². The minimum Gasteiger partial charge on any atom is -0.445 e. The third-order valence-corrected chi connectivity index (χ3v) is 6.31. The van der Waals surface area contributed by atoms with E-state index in [1.165, 1.54) is 4.90 Å². The van der Waals surface area contributed by atoms with Gasteiger partial charge in [0.15, 0.2) is 0 Å². The molecule has 0 bridgehead atoms. The van der Waals surface area contributed by atoms with Gasteiger partial charge in [-0.15, -0.1) is 11.8 Å². The van der Waals surface area contributed by atoms with Gasteiger partial charge in [0.1, 0.15) is 6.61 Å². The number of nitrogens with zero attached hydrogens (tertiary/aromatic N) is 1. The average molecular weight is 477 g/mol. The number of carbonyl (C=O) groups is 2. The van der Waals surface area contributed by atoms with Crippen molar-refractivity contribution in [2.24, 2.45) is 0 Å². The summed E-state index contributed by atoms with van der Waals surface area (Å²) < 4.78 is 6.35. The van der Waals surface area contributed by atoms with Crippen LogP contribution in [0.15, 0.2) is 64.0 Å². The van der Waals surface area contributed by atoms with E-state index in [1.807, 2.05) is 47.4 Å². The summed E-state index contributed by atoms with van der Waals surface area (Å²) in [5.74, 6) is 1.01. The number of likely N-dealkylation sites (tertiary alicyclic amines) is 1. The summed E-state index contributed by atoms with van der Waals surface area (Å²) in [7, 11) is 0. The Kier molecular flexibility index (Phi) is 8.43. The van der Waals surface area contributed by atoms with E-state index in [4.69, 9.17) is 4.74 Å². The molecule has 1 saturated heterocycles. The first-order chi connectivity index (χ1) is 14.1. The first kappa shape index (κ1) is 21.7. The molecule has 29 heavy (non-hydrogen) atoms. The molecule has 0 unspecified atom stereocenters. The molecule has 0 spiro atoms. The van der Waals surface area contributed by atoms with Crippen LogP contribution in [0.5, 0.6) is 0 Å². The highest BCUT2D eigenvalue weighted by molar-refractivity contribution is 9.10. The third kappa shape index (κ3) is 7.40. The Morgan fingerprint density at radius 2 is 1.90 bits per heavy atom. The van der Waals surface area contributed by atoms with E-state index < -0.39 is 6.09 Å². The standard InChI is InChI=1S/C22H25BrN2O3S/c23-18-6-9-20(10-7-18)29-15-14-25-13-12-19(8-11-21(25)26)24-22(27)28-16-17-4-2-1-3-5-17/h1-7,9-10,19H,8,11-16H2,(H,24,27)/t19-/m0/s1. The number of hydrogen-bond donors (Lipinski definition) is 1. The lowest BCUT2D eigenvalue weighted by Gasteiger charge is -2.21. The minimum absolute atomic E-state index is 0.0358. The van der Waals surface area contributed by atoms with Crippen molar-refractivity contribution >= 4 is 39.7 Å². The first-order valence-corrected chi connectivity index (χ1v) is 11.5. The van der Waals surface area contributed by atoms with Crippen LogP contribution in [0.3, 0.4) is 0 Å². The maximum Gasteiger partial charge on any atom is 0.407 e. The molecule has 2 aromatic rings. The number of halogens is 1. The van der Waals surface area contributed by atoms with Crippen LogP contribution in [0, 0.1) is 0 Å². The Morgan fingerprint density at radius 3 is 2.66 bits per heavy atom. The number of alkyl carbamates (subject to hydrolysis) is 1. The van der Waals surface area contributed by atoms with Gasteiger partial charge < -0.3 is 15.0 Å². The van der Waals surface area contributed by atoms with Crippen molar-refractivity contribution in [2.45, 2.75) is 36.8 Å². The van der Waals surface area contributed by atoms with E-state index in [9.17, 15) is 9.59 Å². The summed E-state index contributed by atoms with van der Waals surface area (Å²) >= 11 is 5.18. The maximum absolute atomic E-state index is 12.4. The number of carbonyl (C=O) groups excluding carboxylic acids is 2. The number of benzene rings is 2. The zero-order valence-electron chi connectivity index (χ0n) is 16.2. The van der Waals surface area contributed by atoms with E-state index in [2.05, 4.69) is 33.4 Å². The molecule has 3 rings (SSSR count). The number of thioether (sulfide) groups is 1. The van der Waals surface area contributed by atoms with E-state index >= 15 is 0 Å². The van der Waals surface area contributed by atoms with Gasteiger partial charge in [-0.1, -0.05) is 46.3 Å². The van der Waals surface area contributed by atoms with Crippen molar-refractivity contribution in [3.05, 3.63) is 64.6 Å². The van der Waals surface area contributed by atoms with Crippen molar-refractivity contribution in [2.75, 3.05) is 18.8 Å². The van der Waals surface area contributed by atoms with Gasteiger partial charge in [-0.05, 0) is 42.7 Å². The predicted octanol–water partition coefficient (Wildman–Crippen LogP) is 4.85. The quantitative estimate of drug-likeness (QED) is 0.580. The fourth-order valence-electron chi connectivity index (χ4n) is 3.15. The SMILES string of the molecule is O=C(N[C@H]1CCC(=O)N(CCSc2ccc(Br)cc2)CC1)OCc1ccccc1. The topological polar surface area (TPSA) is 58.6 Å². The summed E-state index contributed by atoms with van der Waals surface area (Å²) in [6.07, 6.45) is 1.42. The molecular formula is C22H25BrN2O3S. The second-order valence-electron chi connectivity index (χ2n) is 6.91. The molecule has 2 amide bonds. The molecule has 154 valence electrons. The zero-order valence-corrected chi connectivity index (χ0v) is 18.6. The van der Waals surface area contributed by atoms with Crippen molar-refractivity contribution in [3.8, 4) is 0 Å². The van der Waals surface area contributed by atoms with Gasteiger partial charge in [-0.3, -0.25) is 4.79 Å². The Morgan fingerprint density at radius 1 is 1.14 bits per heavy atom. The summed E-state index contributed by atoms with van der Waals surface area (Å²) in [4.78, 5) is 27.6. The highest BCUT2D eigenvalue weighted by Crippen LogP contribution is 2.21. The molecular weight excluding hydrogens is 452 g/mol. The van der Waals surface area contributed by atoms with Crippen molar-refractivity contribution in [1.29, 1.82) is 0 Å². The highest BCUT2D eigenvalue weighted by atomic mass is 79.9. The zero-order chi connectivity index (χ0) is 20.5. The number of amides is 2. The molecule has 0 aromatic heterocycles. The maximum atomic E-state index is 12.4. The number of hydrogen-bond acceptors (Lipinski definition) is 4.